The van der Waals surface area contributed by atoms with E-state index in [1.54, 1.807) is 6.92 Å². The van der Waals surface area contributed by atoms with E-state index in [-0.39, 0.29) is 24.5 Å². The molecule has 0 atom stereocenters. The fourth-order valence-electron chi connectivity index (χ4n) is 3.19. The SMILES string of the molecule is CCOC(=O)Nc1ccc([N+](=O)[O-])cc1OC1CCCC1.OC1CCCC1. The summed E-state index contributed by atoms with van der Waals surface area (Å²) in [5, 5.41) is 22.1. The molecule has 2 aliphatic rings. The van der Waals surface area contributed by atoms with E-state index in [0.29, 0.717) is 11.4 Å². The Morgan fingerprint density at radius 1 is 1.22 bits per heavy atom. The van der Waals surface area contributed by atoms with Crippen molar-refractivity contribution in [2.75, 3.05) is 11.9 Å². The number of nitro groups is 1. The minimum atomic E-state index is -0.609. The number of hydrogen-bond donors (Lipinski definition) is 2. The first-order chi connectivity index (χ1) is 13.0. The average molecular weight is 380 g/mol. The van der Waals surface area contributed by atoms with E-state index in [0.717, 1.165) is 38.5 Å². The fourth-order valence-corrected chi connectivity index (χ4v) is 3.19. The maximum Gasteiger partial charge on any atom is 0.411 e. The van der Waals surface area contributed by atoms with E-state index in [1.807, 2.05) is 0 Å². The zero-order valence-electron chi connectivity index (χ0n) is 15.7. The summed E-state index contributed by atoms with van der Waals surface area (Å²) in [5.74, 6) is 0.309. The minimum absolute atomic E-state index is 0.0368. The highest BCUT2D eigenvalue weighted by atomic mass is 16.6. The number of carbonyl (C=O) groups is 1. The van der Waals surface area contributed by atoms with Gasteiger partial charge >= 0.3 is 6.09 Å². The Balaban J connectivity index is 0.000000369. The third-order valence-electron chi connectivity index (χ3n) is 4.61. The molecule has 2 aliphatic carbocycles. The maximum absolute atomic E-state index is 11.5. The van der Waals surface area contributed by atoms with Crippen LogP contribution in [0.2, 0.25) is 0 Å². The number of carbonyl (C=O) groups excluding carboxylic acids is 1. The molecule has 1 aromatic carbocycles. The van der Waals surface area contributed by atoms with E-state index in [1.165, 1.54) is 31.0 Å². The van der Waals surface area contributed by atoms with Gasteiger partial charge in [-0.25, -0.2) is 4.79 Å². The zero-order valence-corrected chi connectivity index (χ0v) is 15.7. The number of benzene rings is 1. The molecule has 0 bridgehead atoms. The van der Waals surface area contributed by atoms with Gasteiger partial charge in [0.1, 0.15) is 5.75 Å². The second kappa shape index (κ2) is 10.7. The predicted octanol–water partition coefficient (Wildman–Crippen LogP) is 4.41. The lowest BCUT2D eigenvalue weighted by Gasteiger charge is -2.16. The normalized spacial score (nSPS) is 17.1. The van der Waals surface area contributed by atoms with Gasteiger partial charge in [0, 0.05) is 6.07 Å². The first kappa shape index (κ1) is 21.0. The van der Waals surface area contributed by atoms with Crippen LogP contribution in [0.4, 0.5) is 16.2 Å². The van der Waals surface area contributed by atoms with Gasteiger partial charge in [-0.1, -0.05) is 12.8 Å². The van der Waals surface area contributed by atoms with Crippen LogP contribution in [0.25, 0.3) is 0 Å². The molecule has 150 valence electrons. The molecule has 0 aromatic heterocycles. The molecule has 1 amide bonds. The molecule has 2 saturated carbocycles. The summed E-state index contributed by atoms with van der Waals surface area (Å²) >= 11 is 0. The number of nitrogens with zero attached hydrogens (tertiary/aromatic N) is 1. The maximum atomic E-state index is 11.5. The van der Waals surface area contributed by atoms with Gasteiger partial charge in [0.15, 0.2) is 0 Å². The summed E-state index contributed by atoms with van der Waals surface area (Å²) in [5.41, 5.74) is 0.309. The molecule has 2 N–H and O–H groups in total. The molecule has 0 radical (unpaired) electrons. The molecule has 0 saturated heterocycles. The molecule has 3 rings (SSSR count). The van der Waals surface area contributed by atoms with Crippen LogP contribution in [-0.2, 0) is 4.74 Å². The van der Waals surface area contributed by atoms with Crippen LogP contribution < -0.4 is 10.1 Å². The first-order valence-corrected chi connectivity index (χ1v) is 9.56. The van der Waals surface area contributed by atoms with Gasteiger partial charge in [0.25, 0.3) is 5.69 Å². The summed E-state index contributed by atoms with van der Waals surface area (Å²) < 4.78 is 10.6. The van der Waals surface area contributed by atoms with Crippen molar-refractivity contribution in [3.8, 4) is 5.75 Å². The van der Waals surface area contributed by atoms with Gasteiger partial charge in [-0.2, -0.15) is 0 Å². The third kappa shape index (κ3) is 7.05. The van der Waals surface area contributed by atoms with Crippen LogP contribution in [0, 0.1) is 10.1 Å². The van der Waals surface area contributed by atoms with Crippen molar-refractivity contribution < 1.29 is 24.3 Å². The summed E-state index contributed by atoms with van der Waals surface area (Å²) in [7, 11) is 0. The second-order valence-corrected chi connectivity index (χ2v) is 6.75. The summed E-state index contributed by atoms with van der Waals surface area (Å²) in [6.45, 7) is 1.95. The van der Waals surface area contributed by atoms with Crippen molar-refractivity contribution in [2.24, 2.45) is 0 Å². The molecule has 0 unspecified atom stereocenters. The number of rotatable bonds is 5. The van der Waals surface area contributed by atoms with Crippen molar-refractivity contribution in [1.29, 1.82) is 0 Å². The number of nitro benzene ring substituents is 1. The van der Waals surface area contributed by atoms with E-state index in [4.69, 9.17) is 14.6 Å². The Labute approximate surface area is 159 Å². The molecule has 0 aliphatic heterocycles. The average Bonchev–Trinajstić information content (AvgIpc) is 3.31. The van der Waals surface area contributed by atoms with Gasteiger partial charge in [0.05, 0.1) is 35.5 Å². The van der Waals surface area contributed by atoms with Crippen molar-refractivity contribution in [1.82, 2.24) is 0 Å². The molecule has 8 nitrogen and oxygen atoms in total. The molecule has 0 heterocycles. The van der Waals surface area contributed by atoms with Gasteiger partial charge in [-0.15, -0.1) is 0 Å². The topological polar surface area (TPSA) is 111 Å². The predicted molar refractivity (Wildman–Crippen MR) is 101 cm³/mol. The molecule has 27 heavy (non-hydrogen) atoms. The second-order valence-electron chi connectivity index (χ2n) is 6.75. The summed E-state index contributed by atoms with van der Waals surface area (Å²) in [6.07, 6.45) is 8.04. The summed E-state index contributed by atoms with van der Waals surface area (Å²) in [4.78, 5) is 21.9. The number of hydrogen-bond acceptors (Lipinski definition) is 6. The number of aliphatic hydroxyl groups excluding tert-OH is 1. The lowest BCUT2D eigenvalue weighted by Crippen LogP contribution is -2.16. The zero-order chi connectivity index (χ0) is 19.6. The van der Waals surface area contributed by atoms with Crippen LogP contribution in [0.1, 0.15) is 58.3 Å². The van der Waals surface area contributed by atoms with E-state index >= 15 is 0 Å². The molecule has 2 fully saturated rings. The number of amides is 1. The van der Waals surface area contributed by atoms with Crippen molar-refractivity contribution in [2.45, 2.75) is 70.5 Å². The number of non-ortho nitro benzene ring substituents is 1. The highest BCUT2D eigenvalue weighted by molar-refractivity contribution is 5.87. The lowest BCUT2D eigenvalue weighted by molar-refractivity contribution is -0.384. The molecule has 1 aromatic rings. The summed E-state index contributed by atoms with van der Waals surface area (Å²) in [6, 6.07) is 4.11. The largest absolute Gasteiger partial charge is 0.488 e. The van der Waals surface area contributed by atoms with Crippen molar-refractivity contribution in [3.05, 3.63) is 28.3 Å². The van der Waals surface area contributed by atoms with Crippen LogP contribution in [0.5, 0.6) is 5.75 Å². The lowest BCUT2D eigenvalue weighted by atomic mass is 10.2. The molecule has 0 spiro atoms. The van der Waals surface area contributed by atoms with Gasteiger partial charge in [0.2, 0.25) is 0 Å². The van der Waals surface area contributed by atoms with E-state index in [9.17, 15) is 14.9 Å². The Kier molecular flexibility index (Phi) is 8.32. The molecular formula is C19H28N2O6. The van der Waals surface area contributed by atoms with Crippen LogP contribution in [0.3, 0.4) is 0 Å². The van der Waals surface area contributed by atoms with E-state index < -0.39 is 11.0 Å². The van der Waals surface area contributed by atoms with E-state index in [2.05, 4.69) is 5.32 Å². The van der Waals surface area contributed by atoms with Crippen LogP contribution in [0.15, 0.2) is 18.2 Å². The number of anilines is 1. The van der Waals surface area contributed by atoms with Crippen molar-refractivity contribution in [3.63, 3.8) is 0 Å². The quantitative estimate of drug-likeness (QED) is 0.578. The van der Waals surface area contributed by atoms with Crippen LogP contribution in [-0.4, -0.2) is 34.9 Å². The van der Waals surface area contributed by atoms with Gasteiger partial charge < -0.3 is 14.6 Å². The Hall–Kier alpha value is -2.35. The highest BCUT2D eigenvalue weighted by Crippen LogP contribution is 2.33. The van der Waals surface area contributed by atoms with Gasteiger partial charge in [-0.05, 0) is 51.5 Å². The third-order valence-corrected chi connectivity index (χ3v) is 4.61. The molecule has 8 heteroatoms. The standard InChI is InChI=1S/C14H18N2O5.C5H10O/c1-2-20-14(17)15-12-8-7-10(16(18)19)9-13(12)21-11-5-3-4-6-11;6-5-3-1-2-4-5/h7-9,11H,2-6H2,1H3,(H,15,17);5-6H,1-4H2. The highest BCUT2D eigenvalue weighted by Gasteiger charge is 2.21. The Morgan fingerprint density at radius 3 is 2.37 bits per heavy atom. The Bertz CT molecular complexity index is 625. The van der Waals surface area contributed by atoms with Gasteiger partial charge in [-0.3, -0.25) is 15.4 Å². The first-order valence-electron chi connectivity index (χ1n) is 9.56. The minimum Gasteiger partial charge on any atom is -0.488 e. The Morgan fingerprint density at radius 2 is 1.85 bits per heavy atom. The fraction of sp³-hybridized carbons (Fsp3) is 0.632. The monoisotopic (exact) mass is 380 g/mol. The van der Waals surface area contributed by atoms with Crippen molar-refractivity contribution >= 4 is 17.5 Å². The number of ether oxygens (including phenoxy) is 2. The number of nitrogens with one attached hydrogen (secondary N) is 1. The molecular weight excluding hydrogens is 352 g/mol. The number of aliphatic hydroxyl groups is 1. The van der Waals surface area contributed by atoms with Crippen LogP contribution >= 0.6 is 0 Å². The smallest absolute Gasteiger partial charge is 0.411 e.